The lowest BCUT2D eigenvalue weighted by Crippen LogP contribution is -2.48. The zero-order chi connectivity index (χ0) is 28.6. The Labute approximate surface area is 237 Å². The van der Waals surface area contributed by atoms with Crippen LogP contribution in [0.3, 0.4) is 0 Å². The molecule has 0 spiro atoms. The van der Waals surface area contributed by atoms with Crippen molar-refractivity contribution >= 4 is 5.91 Å². The molecule has 2 fully saturated rings. The highest BCUT2D eigenvalue weighted by Gasteiger charge is 2.40. The van der Waals surface area contributed by atoms with E-state index in [0.717, 1.165) is 70.9 Å². The Balaban J connectivity index is 1.13. The highest BCUT2D eigenvalue weighted by Crippen LogP contribution is 2.39. The van der Waals surface area contributed by atoms with E-state index >= 15 is 0 Å². The Kier molecular flexibility index (Phi) is 8.20. The number of aromatic nitrogens is 2. The molecule has 1 amide bonds. The van der Waals surface area contributed by atoms with Crippen molar-refractivity contribution in [2.24, 2.45) is 5.92 Å². The van der Waals surface area contributed by atoms with Gasteiger partial charge in [-0.25, -0.2) is 0 Å². The van der Waals surface area contributed by atoms with Crippen LogP contribution in [0.25, 0.3) is 0 Å². The van der Waals surface area contributed by atoms with Crippen molar-refractivity contribution in [1.29, 1.82) is 0 Å². The van der Waals surface area contributed by atoms with E-state index in [9.17, 15) is 22.8 Å². The van der Waals surface area contributed by atoms with Crippen molar-refractivity contribution in [2.75, 3.05) is 39.4 Å². The molecule has 8 nitrogen and oxygen atoms in total. The number of likely N-dealkylation sites (tertiary alicyclic amines) is 1. The van der Waals surface area contributed by atoms with E-state index in [1.165, 1.54) is 15.7 Å². The van der Waals surface area contributed by atoms with Gasteiger partial charge in [-0.3, -0.25) is 24.4 Å². The molecule has 4 atom stereocenters. The lowest BCUT2D eigenvalue weighted by Gasteiger charge is -2.30. The third-order valence-corrected chi connectivity index (χ3v) is 9.42. The summed E-state index contributed by atoms with van der Waals surface area (Å²) >= 11 is 0. The normalized spacial score (nSPS) is 27.3. The molecule has 41 heavy (non-hydrogen) atoms. The molecular formula is C30H38F3N5O3. The number of fused-ring (bicyclic) bond motifs is 2. The highest BCUT2D eigenvalue weighted by atomic mass is 19.4. The van der Waals surface area contributed by atoms with Gasteiger partial charge in [-0.05, 0) is 73.6 Å². The SMILES string of the molecule is O=C(CN1CCn2c(cc(C(F)(F)F)cc2=O)C1)NC1CN(C2CCCOCC2)C[C@@H]1CC1CCc2ccncc21. The summed E-state index contributed by atoms with van der Waals surface area (Å²) in [5.41, 5.74) is 1.40. The lowest BCUT2D eigenvalue weighted by molar-refractivity contribution is -0.138. The van der Waals surface area contributed by atoms with Crippen LogP contribution in [0.15, 0.2) is 35.4 Å². The zero-order valence-corrected chi connectivity index (χ0v) is 23.2. The van der Waals surface area contributed by atoms with Crippen LogP contribution in [0.5, 0.6) is 0 Å². The average Bonchev–Trinajstić information content (AvgIpc) is 3.41. The predicted molar refractivity (Wildman–Crippen MR) is 146 cm³/mol. The summed E-state index contributed by atoms with van der Waals surface area (Å²) in [6.45, 7) is 4.19. The number of ether oxygens (including phenoxy) is 1. The first-order chi connectivity index (χ1) is 19.7. The maximum absolute atomic E-state index is 13.3. The van der Waals surface area contributed by atoms with Gasteiger partial charge in [0.05, 0.1) is 12.1 Å². The van der Waals surface area contributed by atoms with Crippen molar-refractivity contribution in [3.05, 3.63) is 63.3 Å². The Hall–Kier alpha value is -2.76. The number of carbonyl (C=O) groups excluding carboxylic acids is 1. The maximum atomic E-state index is 13.3. The first-order valence-corrected chi connectivity index (χ1v) is 14.8. The third kappa shape index (κ3) is 6.36. The van der Waals surface area contributed by atoms with Gasteiger partial charge in [-0.2, -0.15) is 13.2 Å². The van der Waals surface area contributed by atoms with E-state index in [0.29, 0.717) is 30.5 Å². The number of amides is 1. The van der Waals surface area contributed by atoms with E-state index in [-0.39, 0.29) is 37.3 Å². The number of rotatable bonds is 6. The predicted octanol–water partition coefficient (Wildman–Crippen LogP) is 3.18. The molecule has 2 aromatic heterocycles. The van der Waals surface area contributed by atoms with Gasteiger partial charge in [-0.15, -0.1) is 0 Å². The smallest absolute Gasteiger partial charge is 0.381 e. The van der Waals surface area contributed by atoms with Crippen molar-refractivity contribution < 1.29 is 22.7 Å². The second-order valence-corrected chi connectivity index (χ2v) is 12.1. The first kappa shape index (κ1) is 28.4. The molecule has 3 unspecified atom stereocenters. The Morgan fingerprint density at radius 3 is 2.85 bits per heavy atom. The van der Waals surface area contributed by atoms with Gasteiger partial charge < -0.3 is 14.6 Å². The first-order valence-electron chi connectivity index (χ1n) is 14.8. The minimum absolute atomic E-state index is 0.00363. The van der Waals surface area contributed by atoms with Gasteiger partial charge in [0.2, 0.25) is 5.91 Å². The Morgan fingerprint density at radius 1 is 1.12 bits per heavy atom. The summed E-state index contributed by atoms with van der Waals surface area (Å²) in [6.07, 6.45) is 5.55. The van der Waals surface area contributed by atoms with Crippen molar-refractivity contribution in [3.63, 3.8) is 0 Å². The van der Waals surface area contributed by atoms with Gasteiger partial charge in [-0.1, -0.05) is 0 Å². The molecule has 2 aromatic rings. The van der Waals surface area contributed by atoms with Crippen molar-refractivity contribution in [2.45, 2.75) is 75.8 Å². The molecule has 3 aliphatic heterocycles. The van der Waals surface area contributed by atoms with Crippen LogP contribution >= 0.6 is 0 Å². The number of hydrogen-bond acceptors (Lipinski definition) is 6. The topological polar surface area (TPSA) is 79.7 Å². The van der Waals surface area contributed by atoms with Gasteiger partial charge in [0.25, 0.3) is 5.56 Å². The third-order valence-electron chi connectivity index (χ3n) is 9.42. The largest absolute Gasteiger partial charge is 0.416 e. The second-order valence-electron chi connectivity index (χ2n) is 12.1. The summed E-state index contributed by atoms with van der Waals surface area (Å²) < 4.78 is 46.9. The molecule has 2 saturated heterocycles. The molecular weight excluding hydrogens is 535 g/mol. The summed E-state index contributed by atoms with van der Waals surface area (Å²) in [5.74, 6) is 0.608. The molecule has 0 bridgehead atoms. The van der Waals surface area contributed by atoms with Crippen LogP contribution in [0.2, 0.25) is 0 Å². The van der Waals surface area contributed by atoms with Crippen LogP contribution in [0.4, 0.5) is 13.2 Å². The van der Waals surface area contributed by atoms with Crippen LogP contribution in [-0.2, 0) is 35.2 Å². The quantitative estimate of drug-likeness (QED) is 0.572. The summed E-state index contributed by atoms with van der Waals surface area (Å²) in [6, 6.07) is 4.24. The molecule has 222 valence electrons. The van der Waals surface area contributed by atoms with Crippen LogP contribution in [0, 0.1) is 5.92 Å². The lowest BCUT2D eigenvalue weighted by atomic mass is 9.88. The van der Waals surface area contributed by atoms with E-state index in [4.69, 9.17) is 4.74 Å². The van der Waals surface area contributed by atoms with E-state index in [2.05, 4.69) is 21.3 Å². The van der Waals surface area contributed by atoms with Gasteiger partial charge in [0.1, 0.15) is 0 Å². The molecule has 5 heterocycles. The number of carbonyl (C=O) groups is 1. The van der Waals surface area contributed by atoms with Crippen LogP contribution in [0.1, 0.15) is 60.4 Å². The number of nitrogens with one attached hydrogen (secondary N) is 1. The maximum Gasteiger partial charge on any atom is 0.416 e. The summed E-state index contributed by atoms with van der Waals surface area (Å²) in [7, 11) is 0. The number of hydrogen-bond donors (Lipinski definition) is 1. The van der Waals surface area contributed by atoms with E-state index in [1.54, 1.807) is 0 Å². The van der Waals surface area contributed by atoms with Gasteiger partial charge >= 0.3 is 6.18 Å². The van der Waals surface area contributed by atoms with Gasteiger partial charge in [0.15, 0.2) is 0 Å². The Bertz CT molecular complexity index is 1310. The molecule has 6 rings (SSSR count). The highest BCUT2D eigenvalue weighted by molar-refractivity contribution is 5.78. The number of nitrogens with zero attached hydrogens (tertiary/aromatic N) is 4. The fourth-order valence-electron chi connectivity index (χ4n) is 7.32. The summed E-state index contributed by atoms with van der Waals surface area (Å²) in [4.78, 5) is 34.3. The molecule has 0 saturated carbocycles. The second kappa shape index (κ2) is 11.9. The molecule has 1 N–H and O–H groups in total. The minimum Gasteiger partial charge on any atom is -0.381 e. The van der Waals surface area contributed by atoms with E-state index < -0.39 is 17.3 Å². The standard InChI is InChI=1S/C30H38F3N5O3/c31-30(32,33)23-13-25-17-36(8-9-38(25)29(40)14-23)19-28(39)35-27-18-37(24-2-1-10-41-11-6-24)16-22(27)12-21-4-3-20-5-7-34-15-26(20)21/h5,7,13-15,21-22,24,27H,1-4,6,8-12,16-19H2,(H,35,39)/t21?,22-,24?,27?/m0/s1. The van der Waals surface area contributed by atoms with Gasteiger partial charge in [0, 0.05) is 82.2 Å². The molecule has 1 aliphatic carbocycles. The number of pyridine rings is 2. The summed E-state index contributed by atoms with van der Waals surface area (Å²) in [5, 5.41) is 3.31. The van der Waals surface area contributed by atoms with Crippen LogP contribution < -0.4 is 10.9 Å². The zero-order valence-electron chi connectivity index (χ0n) is 23.2. The number of aryl methyl sites for hydroxylation is 1. The average molecular weight is 574 g/mol. The minimum atomic E-state index is -4.59. The fraction of sp³-hybridized carbons (Fsp3) is 0.633. The molecule has 4 aliphatic rings. The van der Waals surface area contributed by atoms with Crippen molar-refractivity contribution in [3.8, 4) is 0 Å². The molecule has 0 radical (unpaired) electrons. The molecule has 0 aromatic carbocycles. The monoisotopic (exact) mass is 573 g/mol. The van der Waals surface area contributed by atoms with E-state index in [1.807, 2.05) is 17.3 Å². The van der Waals surface area contributed by atoms with Crippen molar-refractivity contribution in [1.82, 2.24) is 24.7 Å². The number of alkyl halides is 3. The molecule has 11 heteroatoms. The van der Waals surface area contributed by atoms with Crippen LogP contribution in [-0.4, -0.2) is 76.7 Å². The Morgan fingerprint density at radius 2 is 2.00 bits per heavy atom. The fourth-order valence-corrected chi connectivity index (χ4v) is 7.32. The number of halogens is 3.